The van der Waals surface area contributed by atoms with Gasteiger partial charge in [0.15, 0.2) is 0 Å². The third-order valence-corrected chi connectivity index (χ3v) is 5.05. The second kappa shape index (κ2) is 7.26. The molecule has 0 aromatic heterocycles. The molecule has 0 aliphatic heterocycles. The number of aryl methyl sites for hydroxylation is 1. The Bertz CT molecular complexity index is 385. The summed E-state index contributed by atoms with van der Waals surface area (Å²) in [7, 11) is 0. The lowest BCUT2D eigenvalue weighted by Gasteiger charge is -2.37. The Morgan fingerprint density at radius 1 is 1.05 bits per heavy atom. The molecule has 1 fully saturated rings. The molecular formula is C19H31N. The predicted octanol–water partition coefficient (Wildman–Crippen LogP) is 4.87. The number of unbranched alkanes of at least 4 members (excludes halogenated alkanes) is 1. The van der Waals surface area contributed by atoms with Crippen molar-refractivity contribution in [3.05, 3.63) is 35.4 Å². The largest absolute Gasteiger partial charge is 0.325 e. The molecule has 1 heteroatoms. The van der Waals surface area contributed by atoms with Crippen LogP contribution in [-0.4, -0.2) is 5.54 Å². The third-order valence-electron chi connectivity index (χ3n) is 5.05. The summed E-state index contributed by atoms with van der Waals surface area (Å²) < 4.78 is 0. The smallest absolute Gasteiger partial charge is 0.0195 e. The van der Waals surface area contributed by atoms with E-state index in [2.05, 4.69) is 38.1 Å². The van der Waals surface area contributed by atoms with Crippen LogP contribution in [0.4, 0.5) is 0 Å². The highest BCUT2D eigenvalue weighted by molar-refractivity contribution is 5.24. The highest BCUT2D eigenvalue weighted by Gasteiger charge is 2.31. The fourth-order valence-corrected chi connectivity index (χ4v) is 3.51. The number of hydrogen-bond acceptors (Lipinski definition) is 1. The van der Waals surface area contributed by atoms with Crippen LogP contribution in [0, 0.1) is 5.92 Å². The molecule has 112 valence electrons. The van der Waals surface area contributed by atoms with Gasteiger partial charge in [-0.1, -0.05) is 57.4 Å². The van der Waals surface area contributed by atoms with Gasteiger partial charge in [0.1, 0.15) is 0 Å². The standard InChI is InChI=1S/C19H31N/c1-3-5-6-17-11-13-19(20,14-12-17)15-18-9-7-16(4-2)8-10-18/h7-10,17H,3-6,11-15,20H2,1-2H3. The second-order valence-electron chi connectivity index (χ2n) is 6.79. The predicted molar refractivity (Wildman–Crippen MR) is 87.9 cm³/mol. The van der Waals surface area contributed by atoms with Gasteiger partial charge in [0.05, 0.1) is 0 Å². The first kappa shape index (κ1) is 15.6. The molecule has 20 heavy (non-hydrogen) atoms. The van der Waals surface area contributed by atoms with Crippen molar-refractivity contribution in [2.24, 2.45) is 11.7 Å². The molecule has 1 saturated carbocycles. The first-order valence-corrected chi connectivity index (χ1v) is 8.52. The lowest BCUT2D eigenvalue weighted by molar-refractivity contribution is 0.221. The maximum Gasteiger partial charge on any atom is 0.0195 e. The first-order chi connectivity index (χ1) is 9.65. The molecule has 0 amide bonds. The van der Waals surface area contributed by atoms with E-state index in [0.29, 0.717) is 0 Å². The molecular weight excluding hydrogens is 242 g/mol. The summed E-state index contributed by atoms with van der Waals surface area (Å²) in [5, 5.41) is 0. The van der Waals surface area contributed by atoms with Gasteiger partial charge in [0.25, 0.3) is 0 Å². The maximum absolute atomic E-state index is 6.65. The monoisotopic (exact) mass is 273 g/mol. The summed E-state index contributed by atoms with van der Waals surface area (Å²) >= 11 is 0. The highest BCUT2D eigenvalue weighted by Crippen LogP contribution is 2.35. The summed E-state index contributed by atoms with van der Waals surface area (Å²) in [6, 6.07) is 9.06. The molecule has 0 spiro atoms. The van der Waals surface area contributed by atoms with Gasteiger partial charge < -0.3 is 5.73 Å². The number of nitrogens with two attached hydrogens (primary N) is 1. The Morgan fingerprint density at radius 2 is 1.65 bits per heavy atom. The van der Waals surface area contributed by atoms with Crippen LogP contribution in [-0.2, 0) is 12.8 Å². The van der Waals surface area contributed by atoms with E-state index in [0.717, 1.165) is 18.8 Å². The molecule has 1 aromatic carbocycles. The van der Waals surface area contributed by atoms with Gasteiger partial charge in [-0.05, 0) is 55.6 Å². The Balaban J connectivity index is 1.86. The Morgan fingerprint density at radius 3 is 2.20 bits per heavy atom. The van der Waals surface area contributed by atoms with Crippen LogP contribution in [0.15, 0.2) is 24.3 Å². The van der Waals surface area contributed by atoms with Gasteiger partial charge in [-0.2, -0.15) is 0 Å². The number of benzene rings is 1. The highest BCUT2D eigenvalue weighted by atomic mass is 14.7. The first-order valence-electron chi connectivity index (χ1n) is 8.52. The van der Waals surface area contributed by atoms with Crippen molar-refractivity contribution in [1.29, 1.82) is 0 Å². The van der Waals surface area contributed by atoms with Crippen molar-refractivity contribution in [1.82, 2.24) is 0 Å². The van der Waals surface area contributed by atoms with Crippen molar-refractivity contribution in [2.45, 2.75) is 77.2 Å². The fraction of sp³-hybridized carbons (Fsp3) is 0.684. The average molecular weight is 273 g/mol. The van der Waals surface area contributed by atoms with Gasteiger partial charge in [0.2, 0.25) is 0 Å². The Kier molecular flexibility index (Phi) is 5.65. The molecule has 1 aliphatic rings. The zero-order chi connectivity index (χ0) is 14.4. The molecule has 0 atom stereocenters. The zero-order valence-corrected chi connectivity index (χ0v) is 13.3. The number of hydrogen-bond donors (Lipinski definition) is 1. The summed E-state index contributed by atoms with van der Waals surface area (Å²) in [6.45, 7) is 4.49. The topological polar surface area (TPSA) is 26.0 Å². The minimum atomic E-state index is 0.0520. The second-order valence-corrected chi connectivity index (χ2v) is 6.79. The van der Waals surface area contributed by atoms with Crippen molar-refractivity contribution < 1.29 is 0 Å². The van der Waals surface area contributed by atoms with Crippen LogP contribution in [0.25, 0.3) is 0 Å². The Hall–Kier alpha value is -0.820. The fourth-order valence-electron chi connectivity index (χ4n) is 3.51. The van der Waals surface area contributed by atoms with Gasteiger partial charge in [-0.15, -0.1) is 0 Å². The molecule has 2 rings (SSSR count). The van der Waals surface area contributed by atoms with E-state index in [9.17, 15) is 0 Å². The van der Waals surface area contributed by atoms with Crippen LogP contribution >= 0.6 is 0 Å². The minimum absolute atomic E-state index is 0.0520. The molecule has 0 bridgehead atoms. The van der Waals surface area contributed by atoms with Crippen molar-refractivity contribution in [3.63, 3.8) is 0 Å². The van der Waals surface area contributed by atoms with Crippen LogP contribution in [0.3, 0.4) is 0 Å². The van der Waals surface area contributed by atoms with E-state index < -0.39 is 0 Å². The molecule has 0 heterocycles. The molecule has 1 nitrogen and oxygen atoms in total. The van der Waals surface area contributed by atoms with Gasteiger partial charge in [0, 0.05) is 5.54 Å². The van der Waals surface area contributed by atoms with Crippen molar-refractivity contribution in [2.75, 3.05) is 0 Å². The summed E-state index contributed by atoms with van der Waals surface area (Å²) in [5.41, 5.74) is 9.54. The van der Waals surface area contributed by atoms with Crippen molar-refractivity contribution in [3.8, 4) is 0 Å². The van der Waals surface area contributed by atoms with E-state index in [-0.39, 0.29) is 5.54 Å². The lowest BCUT2D eigenvalue weighted by atomic mass is 9.73. The molecule has 0 saturated heterocycles. The summed E-state index contributed by atoms with van der Waals surface area (Å²) in [6.07, 6.45) is 11.4. The van der Waals surface area contributed by atoms with Crippen LogP contribution < -0.4 is 5.73 Å². The Labute approximate surface area is 125 Å². The lowest BCUT2D eigenvalue weighted by Crippen LogP contribution is -2.45. The van der Waals surface area contributed by atoms with E-state index in [1.807, 2.05) is 0 Å². The van der Waals surface area contributed by atoms with Crippen LogP contribution in [0.1, 0.15) is 69.9 Å². The molecule has 2 N–H and O–H groups in total. The summed E-state index contributed by atoms with van der Waals surface area (Å²) in [5.74, 6) is 0.939. The van der Waals surface area contributed by atoms with Crippen LogP contribution in [0.2, 0.25) is 0 Å². The normalized spacial score (nSPS) is 26.6. The van der Waals surface area contributed by atoms with E-state index in [4.69, 9.17) is 5.73 Å². The average Bonchev–Trinajstić information content (AvgIpc) is 2.47. The van der Waals surface area contributed by atoms with E-state index >= 15 is 0 Å². The molecule has 0 unspecified atom stereocenters. The van der Waals surface area contributed by atoms with Gasteiger partial charge >= 0.3 is 0 Å². The molecule has 1 aliphatic carbocycles. The molecule has 0 radical (unpaired) electrons. The number of rotatable bonds is 6. The van der Waals surface area contributed by atoms with Crippen molar-refractivity contribution >= 4 is 0 Å². The minimum Gasteiger partial charge on any atom is -0.325 e. The molecule has 1 aromatic rings. The zero-order valence-electron chi connectivity index (χ0n) is 13.3. The quantitative estimate of drug-likeness (QED) is 0.786. The van der Waals surface area contributed by atoms with Crippen LogP contribution in [0.5, 0.6) is 0 Å². The third kappa shape index (κ3) is 4.34. The SMILES string of the molecule is CCCCC1CCC(N)(Cc2ccc(CC)cc2)CC1. The van der Waals surface area contributed by atoms with Gasteiger partial charge in [-0.3, -0.25) is 0 Å². The van der Waals surface area contributed by atoms with E-state index in [1.54, 1.807) is 0 Å². The maximum atomic E-state index is 6.65. The summed E-state index contributed by atoms with van der Waals surface area (Å²) in [4.78, 5) is 0. The van der Waals surface area contributed by atoms with E-state index in [1.165, 1.54) is 56.1 Å². The van der Waals surface area contributed by atoms with Gasteiger partial charge in [-0.25, -0.2) is 0 Å².